The molecule has 0 bridgehead atoms. The lowest BCUT2D eigenvalue weighted by molar-refractivity contribution is 0.600. The summed E-state index contributed by atoms with van der Waals surface area (Å²) in [5.74, 6) is -0.180. The first-order valence-electron chi connectivity index (χ1n) is 7.86. The average molecular weight is 350 g/mol. The van der Waals surface area contributed by atoms with Crippen LogP contribution >= 0.6 is 0 Å². The van der Waals surface area contributed by atoms with Gasteiger partial charge in [-0.25, -0.2) is 8.42 Å². The summed E-state index contributed by atoms with van der Waals surface area (Å²) in [7, 11) is -3.48. The van der Waals surface area contributed by atoms with Crippen molar-refractivity contribution in [2.45, 2.75) is 4.90 Å². The van der Waals surface area contributed by atoms with E-state index in [-0.39, 0.29) is 5.75 Å². The van der Waals surface area contributed by atoms with Gasteiger partial charge >= 0.3 is 0 Å². The molecule has 3 aromatic carbocycles. The third-order valence-corrected chi connectivity index (χ3v) is 5.27. The van der Waals surface area contributed by atoms with Gasteiger partial charge in [-0.1, -0.05) is 66.7 Å². The molecule has 0 aliphatic rings. The van der Waals surface area contributed by atoms with E-state index in [1.807, 2.05) is 60.7 Å². The predicted octanol–water partition coefficient (Wildman–Crippen LogP) is 3.98. The van der Waals surface area contributed by atoms with Crippen LogP contribution in [0.25, 0.3) is 0 Å². The van der Waals surface area contributed by atoms with Gasteiger partial charge in [-0.15, -0.1) is 0 Å². The van der Waals surface area contributed by atoms with Crippen molar-refractivity contribution in [3.63, 3.8) is 0 Å². The monoisotopic (exact) mass is 350 g/mol. The van der Waals surface area contributed by atoms with Crippen molar-refractivity contribution in [2.75, 3.05) is 11.2 Å². The Morgan fingerprint density at radius 2 is 1.28 bits per heavy atom. The van der Waals surface area contributed by atoms with E-state index < -0.39 is 9.84 Å². The maximum Gasteiger partial charge on any atom is 0.184 e. The molecule has 0 atom stereocenters. The third-order valence-electron chi connectivity index (χ3n) is 3.63. The zero-order valence-electron chi connectivity index (χ0n) is 13.5. The van der Waals surface area contributed by atoms with E-state index in [1.165, 1.54) is 0 Å². The van der Waals surface area contributed by atoms with E-state index in [2.05, 4.69) is 10.5 Å². The fourth-order valence-corrected chi connectivity index (χ4v) is 3.68. The molecular weight excluding hydrogens is 332 g/mol. The van der Waals surface area contributed by atoms with Gasteiger partial charge in [-0.3, -0.25) is 5.43 Å². The van der Waals surface area contributed by atoms with Crippen LogP contribution in [-0.4, -0.2) is 19.9 Å². The van der Waals surface area contributed by atoms with E-state index in [0.29, 0.717) is 10.6 Å². The Bertz CT molecular complexity index is 939. The van der Waals surface area contributed by atoms with E-state index >= 15 is 0 Å². The molecule has 3 aromatic rings. The third kappa shape index (κ3) is 4.55. The van der Waals surface area contributed by atoms with Gasteiger partial charge in [0.15, 0.2) is 9.84 Å². The summed E-state index contributed by atoms with van der Waals surface area (Å²) in [6.45, 7) is 0. The summed E-state index contributed by atoms with van der Waals surface area (Å²) >= 11 is 0. The lowest BCUT2D eigenvalue weighted by atomic mass is 10.1. The lowest BCUT2D eigenvalue weighted by Gasteiger charge is -2.09. The zero-order valence-corrected chi connectivity index (χ0v) is 14.4. The van der Waals surface area contributed by atoms with E-state index in [9.17, 15) is 8.42 Å². The molecule has 0 spiro atoms. The number of hydrazone groups is 1. The van der Waals surface area contributed by atoms with Gasteiger partial charge < -0.3 is 0 Å². The second-order valence-corrected chi connectivity index (χ2v) is 7.46. The molecule has 126 valence electrons. The van der Waals surface area contributed by atoms with Gasteiger partial charge in [0, 0.05) is 0 Å². The Balaban J connectivity index is 1.92. The first kappa shape index (κ1) is 16.9. The highest BCUT2D eigenvalue weighted by Gasteiger charge is 2.19. The Hall–Kier alpha value is -2.92. The molecule has 3 rings (SSSR count). The second-order valence-electron chi connectivity index (χ2n) is 5.47. The number of anilines is 1. The smallest absolute Gasteiger partial charge is 0.184 e. The molecule has 0 saturated carbocycles. The number of nitrogens with zero attached hydrogens (tertiary/aromatic N) is 1. The molecule has 4 nitrogen and oxygen atoms in total. The SMILES string of the molecule is O=S(=O)(C/C(=N\Nc1ccccc1)c1ccccc1)c1ccccc1. The molecule has 0 unspecified atom stereocenters. The summed E-state index contributed by atoms with van der Waals surface area (Å²) in [6.07, 6.45) is 0. The summed E-state index contributed by atoms with van der Waals surface area (Å²) in [4.78, 5) is 0.290. The van der Waals surface area contributed by atoms with Gasteiger partial charge in [0.2, 0.25) is 0 Å². The molecular formula is C20H18N2O2S. The van der Waals surface area contributed by atoms with Gasteiger partial charge in [0.1, 0.15) is 0 Å². The number of sulfone groups is 1. The molecule has 0 aromatic heterocycles. The van der Waals surface area contributed by atoms with Gasteiger partial charge in [0.05, 0.1) is 22.0 Å². The Morgan fingerprint density at radius 3 is 1.88 bits per heavy atom. The molecule has 0 aliphatic heterocycles. The number of rotatable bonds is 6. The molecule has 0 fully saturated rings. The van der Waals surface area contributed by atoms with Crippen LogP contribution in [0.1, 0.15) is 5.56 Å². The maximum absolute atomic E-state index is 12.7. The fraction of sp³-hybridized carbons (Fsp3) is 0.0500. The summed E-state index contributed by atoms with van der Waals surface area (Å²) in [5.41, 5.74) is 4.97. The van der Waals surface area contributed by atoms with E-state index in [0.717, 1.165) is 11.3 Å². The summed E-state index contributed by atoms with van der Waals surface area (Å²) in [5, 5.41) is 4.36. The Kier molecular flexibility index (Phi) is 5.26. The molecule has 25 heavy (non-hydrogen) atoms. The molecule has 0 aliphatic carbocycles. The van der Waals surface area contributed by atoms with Crippen molar-refractivity contribution >= 4 is 21.2 Å². The van der Waals surface area contributed by atoms with Gasteiger partial charge in [0.25, 0.3) is 0 Å². The zero-order chi connectivity index (χ0) is 17.5. The number of nitrogens with one attached hydrogen (secondary N) is 1. The molecule has 0 amide bonds. The van der Waals surface area contributed by atoms with Crippen LogP contribution in [0.2, 0.25) is 0 Å². The fourth-order valence-electron chi connectivity index (χ4n) is 2.35. The highest BCUT2D eigenvalue weighted by atomic mass is 32.2. The molecule has 1 N–H and O–H groups in total. The van der Waals surface area contributed by atoms with Crippen molar-refractivity contribution in [1.29, 1.82) is 0 Å². The van der Waals surface area contributed by atoms with Gasteiger partial charge in [-0.05, 0) is 29.8 Å². The minimum absolute atomic E-state index is 0.180. The molecule has 0 saturated heterocycles. The van der Waals surface area contributed by atoms with E-state index in [4.69, 9.17) is 0 Å². The van der Waals surface area contributed by atoms with Crippen LogP contribution in [0, 0.1) is 0 Å². The van der Waals surface area contributed by atoms with E-state index in [1.54, 1.807) is 30.3 Å². The normalized spacial score (nSPS) is 11.9. The van der Waals surface area contributed by atoms with Crippen molar-refractivity contribution in [2.24, 2.45) is 5.10 Å². The van der Waals surface area contributed by atoms with Crippen molar-refractivity contribution in [1.82, 2.24) is 0 Å². The van der Waals surface area contributed by atoms with Crippen LogP contribution < -0.4 is 5.43 Å². The largest absolute Gasteiger partial charge is 0.278 e. The predicted molar refractivity (Wildman–Crippen MR) is 102 cm³/mol. The summed E-state index contributed by atoms with van der Waals surface area (Å²) in [6, 6.07) is 27.2. The second kappa shape index (κ2) is 7.77. The Morgan fingerprint density at radius 1 is 0.760 bits per heavy atom. The van der Waals surface area contributed by atoms with Crippen molar-refractivity contribution in [3.8, 4) is 0 Å². The standard InChI is InChI=1S/C20H18N2O2S/c23-25(24,19-14-8-3-9-15-19)16-20(17-10-4-1-5-11-17)22-21-18-12-6-2-7-13-18/h1-15,21H,16H2/b22-20+. The minimum atomic E-state index is -3.48. The molecule has 0 heterocycles. The molecule has 5 heteroatoms. The number of benzene rings is 3. The van der Waals surface area contributed by atoms with Crippen LogP contribution in [0.5, 0.6) is 0 Å². The lowest BCUT2D eigenvalue weighted by Crippen LogP contribution is -2.18. The minimum Gasteiger partial charge on any atom is -0.278 e. The highest BCUT2D eigenvalue weighted by molar-refractivity contribution is 7.92. The quantitative estimate of drug-likeness (QED) is 0.540. The summed E-state index contributed by atoms with van der Waals surface area (Å²) < 4.78 is 25.4. The van der Waals surface area contributed by atoms with Crippen LogP contribution in [0.15, 0.2) is 101 Å². The van der Waals surface area contributed by atoms with Gasteiger partial charge in [-0.2, -0.15) is 5.10 Å². The first-order chi connectivity index (χ1) is 12.1. The number of hydrogen-bond donors (Lipinski definition) is 1. The Labute approximate surface area is 147 Å². The average Bonchev–Trinajstić information content (AvgIpc) is 2.67. The number of para-hydroxylation sites is 1. The maximum atomic E-state index is 12.7. The number of hydrogen-bond acceptors (Lipinski definition) is 4. The van der Waals surface area contributed by atoms with Crippen LogP contribution in [-0.2, 0) is 9.84 Å². The van der Waals surface area contributed by atoms with Crippen LogP contribution in [0.3, 0.4) is 0 Å². The van der Waals surface area contributed by atoms with Crippen molar-refractivity contribution < 1.29 is 8.42 Å². The highest BCUT2D eigenvalue weighted by Crippen LogP contribution is 2.14. The first-order valence-corrected chi connectivity index (χ1v) is 9.51. The molecule has 0 radical (unpaired) electrons. The van der Waals surface area contributed by atoms with Crippen LogP contribution in [0.4, 0.5) is 5.69 Å². The van der Waals surface area contributed by atoms with Crippen molar-refractivity contribution in [3.05, 3.63) is 96.6 Å². The topological polar surface area (TPSA) is 58.5 Å².